The molecule has 2 aromatic heterocycles. The van der Waals surface area contributed by atoms with Gasteiger partial charge in [-0.15, -0.1) is 0 Å². The third-order valence-electron chi connectivity index (χ3n) is 6.45. The monoisotopic (exact) mass is 445 g/mol. The van der Waals surface area contributed by atoms with Crippen LogP contribution in [0.25, 0.3) is 27.8 Å². The molecule has 2 aromatic carbocycles. The van der Waals surface area contributed by atoms with Crippen molar-refractivity contribution in [1.82, 2.24) is 19.9 Å². The molecule has 172 valence electrons. The first-order valence-electron chi connectivity index (χ1n) is 11.6. The van der Waals surface area contributed by atoms with Crippen LogP contribution in [0.5, 0.6) is 5.75 Å². The molecule has 33 heavy (non-hydrogen) atoms. The summed E-state index contributed by atoms with van der Waals surface area (Å²) in [5.41, 5.74) is 4.16. The molecular formula is C26H31N5O2. The summed E-state index contributed by atoms with van der Waals surface area (Å²) in [5, 5.41) is 4.47. The lowest BCUT2D eigenvalue weighted by Gasteiger charge is -2.33. The number of piperidine rings is 1. The highest BCUT2D eigenvalue weighted by Crippen LogP contribution is 2.28. The molecule has 1 saturated heterocycles. The number of imidazole rings is 1. The van der Waals surface area contributed by atoms with Gasteiger partial charge < -0.3 is 19.7 Å². The summed E-state index contributed by atoms with van der Waals surface area (Å²) in [5.74, 6) is 2.44. The summed E-state index contributed by atoms with van der Waals surface area (Å²) in [7, 11) is 3.71. The van der Waals surface area contributed by atoms with Crippen molar-refractivity contribution in [2.24, 2.45) is 5.92 Å². The Morgan fingerprint density at radius 3 is 2.70 bits per heavy atom. The van der Waals surface area contributed by atoms with E-state index in [1.807, 2.05) is 36.1 Å². The largest absolute Gasteiger partial charge is 0.491 e. The number of nitrogens with one attached hydrogen (secondary N) is 1. The number of ether oxygens (including phenoxy) is 2. The second-order valence-electron chi connectivity index (χ2n) is 8.64. The molecule has 0 amide bonds. The van der Waals surface area contributed by atoms with Gasteiger partial charge in [0, 0.05) is 37.3 Å². The van der Waals surface area contributed by atoms with Gasteiger partial charge in [-0.3, -0.25) is 4.57 Å². The van der Waals surface area contributed by atoms with E-state index in [9.17, 15) is 0 Å². The smallest absolute Gasteiger partial charge is 0.139 e. The minimum Gasteiger partial charge on any atom is -0.491 e. The second kappa shape index (κ2) is 9.77. The number of hydrogen-bond acceptors (Lipinski definition) is 6. The van der Waals surface area contributed by atoms with E-state index in [1.54, 1.807) is 7.11 Å². The van der Waals surface area contributed by atoms with Gasteiger partial charge in [0.05, 0.1) is 23.2 Å². The van der Waals surface area contributed by atoms with Crippen molar-refractivity contribution < 1.29 is 9.47 Å². The fourth-order valence-electron chi connectivity index (χ4n) is 4.62. The van der Waals surface area contributed by atoms with Gasteiger partial charge in [0.15, 0.2) is 0 Å². The molecule has 1 fully saturated rings. The number of benzene rings is 2. The van der Waals surface area contributed by atoms with Gasteiger partial charge in [-0.1, -0.05) is 0 Å². The maximum Gasteiger partial charge on any atom is 0.139 e. The first-order chi connectivity index (χ1) is 16.2. The first-order valence-corrected chi connectivity index (χ1v) is 11.6. The molecule has 0 radical (unpaired) electrons. The molecular weight excluding hydrogens is 414 g/mol. The molecule has 0 unspecified atom stereocenters. The van der Waals surface area contributed by atoms with E-state index in [2.05, 4.69) is 45.5 Å². The van der Waals surface area contributed by atoms with Gasteiger partial charge >= 0.3 is 0 Å². The van der Waals surface area contributed by atoms with Crippen LogP contribution in [0.1, 0.15) is 12.8 Å². The zero-order valence-corrected chi connectivity index (χ0v) is 19.3. The number of methoxy groups -OCH3 is 1. The van der Waals surface area contributed by atoms with Crippen molar-refractivity contribution >= 4 is 27.6 Å². The number of pyridine rings is 1. The molecule has 1 aliphatic rings. The topological polar surface area (TPSA) is 64.4 Å². The van der Waals surface area contributed by atoms with E-state index < -0.39 is 0 Å². The van der Waals surface area contributed by atoms with Crippen LogP contribution in [0.2, 0.25) is 0 Å². The predicted octanol–water partition coefficient (Wildman–Crippen LogP) is 4.03. The third-order valence-corrected chi connectivity index (χ3v) is 6.45. The Bertz CT molecular complexity index is 1230. The zero-order chi connectivity index (χ0) is 22.6. The van der Waals surface area contributed by atoms with E-state index in [0.717, 1.165) is 59.1 Å². The Morgan fingerprint density at radius 2 is 1.88 bits per heavy atom. The fourth-order valence-corrected chi connectivity index (χ4v) is 4.62. The van der Waals surface area contributed by atoms with E-state index in [1.165, 1.54) is 18.5 Å². The molecule has 3 heterocycles. The normalized spacial score (nSPS) is 14.9. The Morgan fingerprint density at radius 1 is 1.00 bits per heavy atom. The van der Waals surface area contributed by atoms with Crippen LogP contribution in [-0.4, -0.2) is 61.5 Å². The van der Waals surface area contributed by atoms with E-state index in [4.69, 9.17) is 14.5 Å². The highest BCUT2D eigenvalue weighted by Gasteiger charge is 2.19. The lowest BCUT2D eigenvalue weighted by atomic mass is 9.96. The highest BCUT2D eigenvalue weighted by molar-refractivity contribution is 5.84. The van der Waals surface area contributed by atoms with Crippen LogP contribution >= 0.6 is 0 Å². The fraction of sp³-hybridized carbons (Fsp3) is 0.385. The molecule has 4 aromatic rings. The van der Waals surface area contributed by atoms with Gasteiger partial charge in [-0.2, -0.15) is 0 Å². The molecule has 0 aliphatic carbocycles. The molecule has 7 heteroatoms. The van der Waals surface area contributed by atoms with Gasteiger partial charge in [-0.25, -0.2) is 9.97 Å². The maximum atomic E-state index is 5.71. The zero-order valence-electron chi connectivity index (χ0n) is 19.3. The molecule has 1 N–H and O–H groups in total. The molecule has 7 nitrogen and oxygen atoms in total. The van der Waals surface area contributed by atoms with Crippen molar-refractivity contribution in [3.63, 3.8) is 0 Å². The summed E-state index contributed by atoms with van der Waals surface area (Å²) >= 11 is 0. The van der Waals surface area contributed by atoms with E-state index in [-0.39, 0.29) is 0 Å². The van der Waals surface area contributed by atoms with Crippen molar-refractivity contribution in [3.8, 4) is 11.6 Å². The summed E-state index contributed by atoms with van der Waals surface area (Å²) in [6, 6.07) is 16.8. The van der Waals surface area contributed by atoms with Crippen LogP contribution < -0.4 is 15.0 Å². The average Bonchev–Trinajstić information content (AvgIpc) is 3.28. The standard InChI is InChI=1S/C26H31N5O2/c1-27-17-19-9-11-30(12-10-19)21-4-6-23-20(15-21)3-8-26(29-23)31-18-28-24-16-22(5-7-25(24)31)33-14-13-32-2/h3-8,15-16,18-19,27H,9-14,17H2,1-2H3. The first kappa shape index (κ1) is 21.7. The molecule has 0 bridgehead atoms. The molecule has 0 atom stereocenters. The minimum absolute atomic E-state index is 0.519. The van der Waals surface area contributed by atoms with Crippen LogP contribution in [0, 0.1) is 5.92 Å². The highest BCUT2D eigenvalue weighted by atomic mass is 16.5. The third kappa shape index (κ3) is 4.65. The van der Waals surface area contributed by atoms with Crippen LogP contribution in [0.4, 0.5) is 5.69 Å². The summed E-state index contributed by atoms with van der Waals surface area (Å²) < 4.78 is 12.8. The van der Waals surface area contributed by atoms with Crippen LogP contribution in [-0.2, 0) is 4.74 Å². The van der Waals surface area contributed by atoms with Gasteiger partial charge in [-0.05, 0) is 74.8 Å². The number of anilines is 1. The van der Waals surface area contributed by atoms with Crippen LogP contribution in [0.15, 0.2) is 54.9 Å². The quantitative estimate of drug-likeness (QED) is 0.413. The Balaban J connectivity index is 1.35. The lowest BCUT2D eigenvalue weighted by molar-refractivity contribution is 0.146. The van der Waals surface area contributed by atoms with Crippen molar-refractivity contribution in [1.29, 1.82) is 0 Å². The molecule has 0 spiro atoms. The Kier molecular flexibility index (Phi) is 6.41. The van der Waals surface area contributed by atoms with Crippen molar-refractivity contribution in [3.05, 3.63) is 54.9 Å². The predicted molar refractivity (Wildman–Crippen MR) is 133 cm³/mol. The van der Waals surface area contributed by atoms with Gasteiger partial charge in [0.25, 0.3) is 0 Å². The average molecular weight is 446 g/mol. The summed E-state index contributed by atoms with van der Waals surface area (Å²) in [6.45, 7) is 4.42. The number of rotatable bonds is 8. The number of nitrogens with zero attached hydrogens (tertiary/aromatic N) is 4. The van der Waals surface area contributed by atoms with Gasteiger partial charge in [0.2, 0.25) is 0 Å². The van der Waals surface area contributed by atoms with Crippen molar-refractivity contribution in [2.45, 2.75) is 12.8 Å². The Labute approximate surface area is 194 Å². The van der Waals surface area contributed by atoms with Crippen molar-refractivity contribution in [2.75, 3.05) is 51.9 Å². The van der Waals surface area contributed by atoms with Crippen LogP contribution in [0.3, 0.4) is 0 Å². The van der Waals surface area contributed by atoms with Gasteiger partial charge in [0.1, 0.15) is 24.5 Å². The summed E-state index contributed by atoms with van der Waals surface area (Å²) in [6.07, 6.45) is 4.30. The number of aromatic nitrogens is 3. The SMILES string of the molecule is CNCC1CCN(c2ccc3nc(-n4cnc5cc(OCCOC)ccc54)ccc3c2)CC1. The maximum absolute atomic E-state index is 5.71. The number of fused-ring (bicyclic) bond motifs is 2. The van der Waals surface area contributed by atoms with E-state index >= 15 is 0 Å². The van der Waals surface area contributed by atoms with E-state index in [0.29, 0.717) is 13.2 Å². The summed E-state index contributed by atoms with van der Waals surface area (Å²) in [4.78, 5) is 12.0. The number of hydrogen-bond donors (Lipinski definition) is 1. The second-order valence-corrected chi connectivity index (χ2v) is 8.64. The molecule has 5 rings (SSSR count). The molecule has 1 aliphatic heterocycles. The minimum atomic E-state index is 0.519. The Hall–Kier alpha value is -3.16. The lowest BCUT2D eigenvalue weighted by Crippen LogP contribution is -2.36. The molecule has 0 saturated carbocycles.